The van der Waals surface area contributed by atoms with Gasteiger partial charge in [-0.2, -0.15) is 0 Å². The summed E-state index contributed by atoms with van der Waals surface area (Å²) < 4.78 is 36.9. The summed E-state index contributed by atoms with van der Waals surface area (Å²) in [6.45, 7) is 3.63. The van der Waals surface area contributed by atoms with Crippen LogP contribution < -0.4 is 20.1 Å². The molecule has 0 atom stereocenters. The van der Waals surface area contributed by atoms with Crippen LogP contribution in [-0.4, -0.2) is 31.8 Å². The van der Waals surface area contributed by atoms with E-state index in [2.05, 4.69) is 15.3 Å². The van der Waals surface area contributed by atoms with Gasteiger partial charge in [0.25, 0.3) is 5.91 Å². The number of hydrogen-bond acceptors (Lipinski definition) is 7. The summed E-state index contributed by atoms with van der Waals surface area (Å²) in [5.41, 5.74) is 0.858. The number of halogens is 3. The summed E-state index contributed by atoms with van der Waals surface area (Å²) in [6, 6.07) is 11.1. The molecule has 2 aromatic heterocycles. The topological polar surface area (TPSA) is 131 Å². The Morgan fingerprint density at radius 3 is 2.44 bits per heavy atom. The molecule has 0 spiro atoms. The Morgan fingerprint density at radius 1 is 1.08 bits per heavy atom. The molecule has 0 fully saturated rings. The summed E-state index contributed by atoms with van der Waals surface area (Å²) in [4.78, 5) is 40.5. The zero-order valence-electron chi connectivity index (χ0n) is 18.7. The van der Waals surface area contributed by atoms with Crippen LogP contribution in [0.1, 0.15) is 24.2 Å². The van der Waals surface area contributed by atoms with Crippen molar-refractivity contribution in [3.8, 4) is 17.2 Å². The molecule has 0 radical (unpaired) electrons. The van der Waals surface area contributed by atoms with Crippen LogP contribution in [0.2, 0.25) is 0 Å². The third-order valence-corrected chi connectivity index (χ3v) is 6.25. The fourth-order valence-corrected chi connectivity index (χ4v) is 4.43. The van der Waals surface area contributed by atoms with Crippen LogP contribution in [-0.2, 0) is 4.57 Å². The van der Waals surface area contributed by atoms with Crippen molar-refractivity contribution in [2.24, 2.45) is 0 Å². The average Bonchev–Trinajstić information content (AvgIpc) is 3.14. The van der Waals surface area contributed by atoms with Crippen molar-refractivity contribution in [2.45, 2.75) is 20.0 Å². The van der Waals surface area contributed by atoms with Gasteiger partial charge in [0, 0.05) is 23.9 Å². The Kier molecular flexibility index (Phi) is 10.1. The minimum Gasteiger partial charge on any atom is -0.491 e. The molecular formula is C22H21Br2FN3O6PS. The lowest BCUT2D eigenvalue weighted by atomic mass is 10.2. The lowest BCUT2D eigenvalue weighted by Crippen LogP contribution is -2.13. The smallest absolute Gasteiger partial charge is 0.359 e. The number of amides is 1. The summed E-state index contributed by atoms with van der Waals surface area (Å²) in [6.07, 6.45) is 1.44. The maximum absolute atomic E-state index is 14.2. The fourth-order valence-electron chi connectivity index (χ4n) is 3.02. The van der Waals surface area contributed by atoms with E-state index in [1.807, 2.05) is 13.8 Å². The fraction of sp³-hybridized carbons (Fsp3) is 0.136. The van der Waals surface area contributed by atoms with E-state index in [-0.39, 0.29) is 57.1 Å². The van der Waals surface area contributed by atoms with E-state index in [1.165, 1.54) is 35.6 Å². The molecule has 36 heavy (non-hydrogen) atoms. The van der Waals surface area contributed by atoms with Gasteiger partial charge < -0.3 is 19.3 Å². The monoisotopic (exact) mass is 663 g/mol. The standard InChI is InChI=1S/C22H19FN3O6PS.2BrH/c1-12(2)31-15-8-13(20(27)26-22-25-18-4-3-7-24-21(18)34-22)9-16(10-15)32-14-5-6-19(17(23)11-14)33(28,29)30;;/h3-12H,1-2H3,(H,25,26,27)(H2,28,29,30);2*1H. The molecule has 0 saturated carbocycles. The van der Waals surface area contributed by atoms with Gasteiger partial charge in [0.2, 0.25) is 0 Å². The van der Waals surface area contributed by atoms with Crippen LogP contribution in [0.25, 0.3) is 10.3 Å². The van der Waals surface area contributed by atoms with Gasteiger partial charge in [-0.1, -0.05) is 11.3 Å². The Balaban J connectivity index is 0.00000228. The van der Waals surface area contributed by atoms with Gasteiger partial charge in [0.1, 0.15) is 33.4 Å². The predicted molar refractivity (Wildman–Crippen MR) is 146 cm³/mol. The molecule has 0 aliphatic heterocycles. The number of aromatic nitrogens is 2. The lowest BCUT2D eigenvalue weighted by Gasteiger charge is -2.14. The van der Waals surface area contributed by atoms with E-state index in [0.717, 1.165) is 12.1 Å². The summed E-state index contributed by atoms with van der Waals surface area (Å²) >= 11 is 1.22. The summed E-state index contributed by atoms with van der Waals surface area (Å²) in [5.74, 6) is -1.09. The average molecular weight is 665 g/mol. The largest absolute Gasteiger partial charge is 0.491 e. The van der Waals surface area contributed by atoms with Crippen molar-refractivity contribution in [1.29, 1.82) is 0 Å². The molecule has 1 amide bonds. The van der Waals surface area contributed by atoms with E-state index < -0.39 is 24.6 Å². The molecule has 0 aliphatic carbocycles. The first-order valence-corrected chi connectivity index (χ1v) is 12.4. The first-order chi connectivity index (χ1) is 16.1. The third kappa shape index (κ3) is 7.31. The highest BCUT2D eigenvalue weighted by atomic mass is 79.9. The minimum absolute atomic E-state index is 0. The van der Waals surface area contributed by atoms with Crippen LogP contribution in [0.15, 0.2) is 54.7 Å². The number of carbonyl (C=O) groups is 1. The van der Waals surface area contributed by atoms with Crippen LogP contribution >= 0.6 is 52.9 Å². The van der Waals surface area contributed by atoms with Gasteiger partial charge in [0.15, 0.2) is 5.13 Å². The second kappa shape index (κ2) is 12.2. The Morgan fingerprint density at radius 2 is 1.81 bits per heavy atom. The number of anilines is 1. The molecule has 9 nitrogen and oxygen atoms in total. The van der Waals surface area contributed by atoms with Crippen molar-refractivity contribution in [1.82, 2.24) is 9.97 Å². The predicted octanol–water partition coefficient (Wildman–Crippen LogP) is 5.62. The number of ether oxygens (including phenoxy) is 2. The van der Waals surface area contributed by atoms with E-state index in [1.54, 1.807) is 18.3 Å². The number of pyridine rings is 1. The van der Waals surface area contributed by atoms with Crippen molar-refractivity contribution < 1.29 is 33.0 Å². The molecule has 2 heterocycles. The molecule has 0 aliphatic rings. The molecule has 3 N–H and O–H groups in total. The van der Waals surface area contributed by atoms with E-state index in [4.69, 9.17) is 9.47 Å². The molecule has 0 bridgehead atoms. The van der Waals surface area contributed by atoms with E-state index in [0.29, 0.717) is 21.2 Å². The number of thiazole rings is 1. The second-order valence-electron chi connectivity index (χ2n) is 7.42. The second-order valence-corrected chi connectivity index (χ2v) is 9.97. The molecular weight excluding hydrogens is 644 g/mol. The maximum atomic E-state index is 14.2. The molecule has 0 saturated heterocycles. The number of rotatable bonds is 7. The van der Waals surface area contributed by atoms with Gasteiger partial charge in [-0.25, -0.2) is 14.4 Å². The van der Waals surface area contributed by atoms with Crippen LogP contribution in [0.4, 0.5) is 9.52 Å². The zero-order valence-corrected chi connectivity index (χ0v) is 23.9. The van der Waals surface area contributed by atoms with Crippen molar-refractivity contribution in [2.75, 3.05) is 5.32 Å². The highest BCUT2D eigenvalue weighted by Gasteiger charge is 2.22. The molecule has 4 rings (SSSR count). The number of carbonyl (C=O) groups excluding carboxylic acids is 1. The van der Waals surface area contributed by atoms with Gasteiger partial charge in [-0.05, 0) is 50.2 Å². The van der Waals surface area contributed by atoms with Gasteiger partial charge in [-0.15, -0.1) is 34.0 Å². The Labute approximate surface area is 230 Å². The summed E-state index contributed by atoms with van der Waals surface area (Å²) in [7, 11) is -4.76. The number of fused-ring (bicyclic) bond motifs is 1. The van der Waals surface area contributed by atoms with Crippen LogP contribution in [0.5, 0.6) is 17.2 Å². The first kappa shape index (κ1) is 29.8. The van der Waals surface area contributed by atoms with Gasteiger partial charge in [-0.3, -0.25) is 14.7 Å². The Bertz CT molecular complexity index is 1400. The van der Waals surface area contributed by atoms with E-state index in [9.17, 15) is 23.5 Å². The molecule has 0 unspecified atom stereocenters. The van der Waals surface area contributed by atoms with Gasteiger partial charge in [0.05, 0.1) is 11.4 Å². The Hall–Kier alpha value is -2.41. The van der Waals surface area contributed by atoms with Crippen molar-refractivity contribution in [3.05, 3.63) is 66.1 Å². The minimum atomic E-state index is -4.76. The number of nitrogens with one attached hydrogen (secondary N) is 1. The first-order valence-electron chi connectivity index (χ1n) is 9.96. The number of benzene rings is 2. The van der Waals surface area contributed by atoms with Crippen LogP contribution in [0.3, 0.4) is 0 Å². The normalized spacial score (nSPS) is 10.9. The SMILES string of the molecule is Br.Br.CC(C)Oc1cc(Oc2ccc(P(=O)(O)O)c(F)c2)cc(C(=O)Nc2nc3cccnc3s2)c1. The van der Waals surface area contributed by atoms with Crippen LogP contribution in [0, 0.1) is 5.82 Å². The molecule has 14 heteroatoms. The number of nitrogens with zero attached hydrogens (tertiary/aromatic N) is 2. The lowest BCUT2D eigenvalue weighted by molar-refractivity contribution is 0.102. The highest BCUT2D eigenvalue weighted by Crippen LogP contribution is 2.36. The molecule has 4 aromatic rings. The summed E-state index contributed by atoms with van der Waals surface area (Å²) in [5, 5.41) is 2.36. The van der Waals surface area contributed by atoms with Crippen molar-refractivity contribution >= 4 is 79.6 Å². The third-order valence-electron chi connectivity index (χ3n) is 4.37. The quantitative estimate of drug-likeness (QED) is 0.217. The zero-order chi connectivity index (χ0) is 24.5. The number of hydrogen-bond donors (Lipinski definition) is 3. The maximum Gasteiger partial charge on any atom is 0.359 e. The van der Waals surface area contributed by atoms with E-state index >= 15 is 0 Å². The molecule has 2 aromatic carbocycles. The van der Waals surface area contributed by atoms with Crippen molar-refractivity contribution in [3.63, 3.8) is 0 Å². The molecule has 192 valence electrons. The highest BCUT2D eigenvalue weighted by molar-refractivity contribution is 8.93. The van der Waals surface area contributed by atoms with Gasteiger partial charge >= 0.3 is 7.60 Å².